The first-order valence-electron chi connectivity index (χ1n) is 5.55. The number of hydrogen-bond acceptors (Lipinski definition) is 2. The Hall–Kier alpha value is -1.25. The van der Waals surface area contributed by atoms with Gasteiger partial charge in [-0.05, 0) is 18.4 Å². The Bertz CT molecular complexity index is 342. The van der Waals surface area contributed by atoms with Crippen LogP contribution in [0.4, 0.5) is 0 Å². The average molecular weight is 206 g/mol. The van der Waals surface area contributed by atoms with Crippen molar-refractivity contribution in [3.05, 3.63) is 23.4 Å². The maximum absolute atomic E-state index is 11.6. The molecule has 2 atom stereocenters. The maximum Gasteiger partial charge on any atom is 0.251 e. The molecular weight excluding hydrogens is 188 g/mol. The number of fused-ring (bicyclic) bond motifs is 1. The molecule has 3 nitrogen and oxygen atoms in total. The molecule has 0 aromatic heterocycles. The molecule has 0 spiro atoms. The van der Waals surface area contributed by atoms with E-state index in [-0.39, 0.29) is 5.91 Å². The molecule has 0 radical (unpaired) electrons. The Morgan fingerprint density at radius 3 is 2.87 bits per heavy atom. The van der Waals surface area contributed by atoms with Crippen LogP contribution in [0, 0.1) is 11.8 Å². The van der Waals surface area contributed by atoms with E-state index in [9.17, 15) is 4.79 Å². The van der Waals surface area contributed by atoms with E-state index in [0.717, 1.165) is 11.1 Å². The zero-order chi connectivity index (χ0) is 11.0. The van der Waals surface area contributed by atoms with Crippen LogP contribution in [-0.4, -0.2) is 18.5 Å². The first-order chi connectivity index (χ1) is 7.09. The summed E-state index contributed by atoms with van der Waals surface area (Å²) in [6.07, 6.45) is 4.11. The Morgan fingerprint density at radius 1 is 1.47 bits per heavy atom. The molecule has 2 rings (SSSR count). The molecule has 15 heavy (non-hydrogen) atoms. The topological polar surface area (TPSA) is 41.1 Å². The van der Waals surface area contributed by atoms with Gasteiger partial charge in [0.25, 0.3) is 5.91 Å². The van der Waals surface area contributed by atoms with E-state index in [2.05, 4.69) is 37.5 Å². The van der Waals surface area contributed by atoms with E-state index in [1.54, 1.807) is 0 Å². The number of rotatable bonds is 1. The molecule has 2 aliphatic rings. The lowest BCUT2D eigenvalue weighted by molar-refractivity contribution is -0.116. The predicted octanol–water partition coefficient (Wildman–Crippen LogP) is 1.19. The molecule has 2 aliphatic heterocycles. The van der Waals surface area contributed by atoms with Crippen molar-refractivity contribution in [2.75, 3.05) is 6.54 Å². The second-order valence-electron chi connectivity index (χ2n) is 4.71. The molecule has 82 valence electrons. The minimum atomic E-state index is 0.0720. The molecule has 1 amide bonds. The van der Waals surface area contributed by atoms with Gasteiger partial charge < -0.3 is 10.6 Å². The van der Waals surface area contributed by atoms with Crippen LogP contribution in [0.5, 0.6) is 0 Å². The minimum Gasteiger partial charge on any atom is -0.388 e. The van der Waals surface area contributed by atoms with Gasteiger partial charge >= 0.3 is 0 Å². The number of hydrogen-bond donors (Lipinski definition) is 2. The summed E-state index contributed by atoms with van der Waals surface area (Å²) in [6, 6.07) is 0.392. The Balaban J connectivity index is 2.35. The van der Waals surface area contributed by atoms with Crippen molar-refractivity contribution >= 4 is 5.91 Å². The highest BCUT2D eigenvalue weighted by atomic mass is 16.2. The molecule has 0 aliphatic carbocycles. The van der Waals surface area contributed by atoms with E-state index < -0.39 is 0 Å². The van der Waals surface area contributed by atoms with Crippen LogP contribution < -0.4 is 10.6 Å². The van der Waals surface area contributed by atoms with Crippen molar-refractivity contribution < 1.29 is 4.79 Å². The highest BCUT2D eigenvalue weighted by Crippen LogP contribution is 2.26. The lowest BCUT2D eigenvalue weighted by Gasteiger charge is -2.23. The van der Waals surface area contributed by atoms with Crippen molar-refractivity contribution in [3.8, 4) is 0 Å². The molecule has 2 N–H and O–H groups in total. The highest BCUT2D eigenvalue weighted by molar-refractivity contribution is 6.01. The summed E-state index contributed by atoms with van der Waals surface area (Å²) in [5.41, 5.74) is 1.96. The lowest BCUT2D eigenvalue weighted by atomic mass is 9.88. The maximum atomic E-state index is 11.6. The van der Waals surface area contributed by atoms with Crippen molar-refractivity contribution in [2.45, 2.75) is 26.8 Å². The smallest absolute Gasteiger partial charge is 0.251 e. The fraction of sp³-hybridized carbons (Fsp3) is 0.583. The summed E-state index contributed by atoms with van der Waals surface area (Å²) in [4.78, 5) is 11.6. The minimum absolute atomic E-state index is 0.0720. The Morgan fingerprint density at radius 2 is 2.20 bits per heavy atom. The van der Waals surface area contributed by atoms with E-state index >= 15 is 0 Å². The predicted molar refractivity (Wildman–Crippen MR) is 60.1 cm³/mol. The first-order valence-corrected chi connectivity index (χ1v) is 5.55. The fourth-order valence-electron chi connectivity index (χ4n) is 2.27. The van der Waals surface area contributed by atoms with Gasteiger partial charge in [-0.25, -0.2) is 0 Å². The molecule has 0 saturated carbocycles. The first kappa shape index (κ1) is 10.3. The van der Waals surface area contributed by atoms with E-state index in [1.807, 2.05) is 6.20 Å². The van der Waals surface area contributed by atoms with Crippen molar-refractivity contribution in [2.24, 2.45) is 11.8 Å². The highest BCUT2D eigenvalue weighted by Gasteiger charge is 2.28. The van der Waals surface area contributed by atoms with Crippen LogP contribution in [-0.2, 0) is 4.79 Å². The van der Waals surface area contributed by atoms with Gasteiger partial charge in [-0.15, -0.1) is 0 Å². The second-order valence-corrected chi connectivity index (χ2v) is 4.71. The number of carbonyl (C=O) groups excluding carboxylic acids is 1. The van der Waals surface area contributed by atoms with Crippen molar-refractivity contribution in [1.82, 2.24) is 10.6 Å². The van der Waals surface area contributed by atoms with Gasteiger partial charge in [0, 0.05) is 30.3 Å². The number of carbonyl (C=O) groups is 1. The number of amides is 1. The van der Waals surface area contributed by atoms with Gasteiger partial charge in [0.15, 0.2) is 0 Å². The van der Waals surface area contributed by atoms with Gasteiger partial charge in [-0.2, -0.15) is 0 Å². The molecule has 1 saturated heterocycles. The standard InChI is InChI=1S/C12H18N2O/c1-7(2)10-4-11-9(5-13-8(10)3)6-14-12(11)15/h4-5,7-8,10,13H,6H2,1-3H3,(H,14,15). The average Bonchev–Trinajstić information content (AvgIpc) is 2.41. The second kappa shape index (κ2) is 3.72. The quantitative estimate of drug-likeness (QED) is 0.676. The fourth-order valence-corrected chi connectivity index (χ4v) is 2.27. The van der Waals surface area contributed by atoms with Gasteiger partial charge in [0.1, 0.15) is 0 Å². The van der Waals surface area contributed by atoms with Gasteiger partial charge in [0.05, 0.1) is 0 Å². The molecule has 2 heterocycles. The summed E-state index contributed by atoms with van der Waals surface area (Å²) in [7, 11) is 0. The zero-order valence-corrected chi connectivity index (χ0v) is 9.50. The summed E-state index contributed by atoms with van der Waals surface area (Å²) in [5, 5.41) is 6.21. The molecular formula is C12H18N2O. The molecule has 2 unspecified atom stereocenters. The number of nitrogens with one attached hydrogen (secondary N) is 2. The molecule has 0 aromatic rings. The largest absolute Gasteiger partial charge is 0.388 e. The monoisotopic (exact) mass is 206 g/mol. The Kier molecular flexibility index (Phi) is 2.55. The molecule has 3 heteroatoms. The zero-order valence-electron chi connectivity index (χ0n) is 9.50. The van der Waals surface area contributed by atoms with Crippen LogP contribution in [0.25, 0.3) is 0 Å². The third-order valence-electron chi connectivity index (χ3n) is 3.26. The normalized spacial score (nSPS) is 30.0. The van der Waals surface area contributed by atoms with Crippen LogP contribution in [0.15, 0.2) is 23.4 Å². The van der Waals surface area contributed by atoms with E-state index in [1.165, 1.54) is 0 Å². The molecule has 0 aromatic carbocycles. The summed E-state index contributed by atoms with van der Waals surface area (Å²) in [6.45, 7) is 7.21. The van der Waals surface area contributed by atoms with Crippen LogP contribution >= 0.6 is 0 Å². The van der Waals surface area contributed by atoms with Crippen LogP contribution in [0.3, 0.4) is 0 Å². The summed E-state index contributed by atoms with van der Waals surface area (Å²) in [5.74, 6) is 1.03. The van der Waals surface area contributed by atoms with Crippen molar-refractivity contribution in [3.63, 3.8) is 0 Å². The Labute approximate surface area is 90.6 Å². The third kappa shape index (κ3) is 1.78. The lowest BCUT2D eigenvalue weighted by Crippen LogP contribution is -2.31. The van der Waals surface area contributed by atoms with Crippen molar-refractivity contribution in [1.29, 1.82) is 0 Å². The summed E-state index contributed by atoms with van der Waals surface area (Å²) >= 11 is 0. The van der Waals surface area contributed by atoms with Gasteiger partial charge in [0.2, 0.25) is 0 Å². The SMILES string of the molecule is CC(C)C1C=C2C(=O)NCC2=CNC1C. The van der Waals surface area contributed by atoms with Crippen LogP contribution in [0.2, 0.25) is 0 Å². The van der Waals surface area contributed by atoms with Gasteiger partial charge in [-0.1, -0.05) is 19.9 Å². The van der Waals surface area contributed by atoms with E-state index in [0.29, 0.717) is 24.4 Å². The molecule has 0 bridgehead atoms. The van der Waals surface area contributed by atoms with Crippen LogP contribution in [0.1, 0.15) is 20.8 Å². The summed E-state index contributed by atoms with van der Waals surface area (Å²) < 4.78 is 0. The van der Waals surface area contributed by atoms with E-state index in [4.69, 9.17) is 0 Å². The molecule has 1 fully saturated rings. The third-order valence-corrected chi connectivity index (χ3v) is 3.26. The van der Waals surface area contributed by atoms with Gasteiger partial charge in [-0.3, -0.25) is 4.79 Å².